The molecule has 0 N–H and O–H groups in total. The molecule has 0 bridgehead atoms. The molecule has 4 aromatic rings. The summed E-state index contributed by atoms with van der Waals surface area (Å²) in [4.78, 5) is 31.9. The first-order valence-corrected chi connectivity index (χ1v) is 15.4. The Bertz CT molecular complexity index is 1360. The van der Waals surface area contributed by atoms with Crippen LogP contribution in [0.5, 0.6) is 11.5 Å². The quantitative estimate of drug-likeness (QED) is 0.142. The second-order valence-corrected chi connectivity index (χ2v) is 11.8. The Morgan fingerprint density at radius 1 is 0.523 bits per heavy atom. The number of hydrogen-bond donors (Lipinski definition) is 0. The van der Waals surface area contributed by atoms with E-state index in [0.717, 1.165) is 11.1 Å². The molecule has 6 nitrogen and oxygen atoms in total. The minimum Gasteiger partial charge on any atom is -0.492 e. The molecule has 0 saturated heterocycles. The Morgan fingerprint density at radius 3 is 1.23 bits per heavy atom. The Balaban J connectivity index is 1.63. The average molecular weight is 593 g/mol. The molecule has 4 aromatic carbocycles. The van der Waals surface area contributed by atoms with Gasteiger partial charge in [0.25, 0.3) is 11.8 Å². The van der Waals surface area contributed by atoms with Gasteiger partial charge in [0.15, 0.2) is 0 Å². The molecule has 2 amide bonds. The first-order chi connectivity index (χ1) is 21.3. The van der Waals surface area contributed by atoms with Crippen molar-refractivity contribution in [2.45, 2.75) is 40.8 Å². The van der Waals surface area contributed by atoms with Crippen LogP contribution in [-0.2, 0) is 13.1 Å². The van der Waals surface area contributed by atoms with E-state index in [2.05, 4.69) is 27.7 Å². The summed E-state index contributed by atoms with van der Waals surface area (Å²) in [5.74, 6) is 1.50. The topological polar surface area (TPSA) is 59.1 Å². The van der Waals surface area contributed by atoms with Crippen LogP contribution in [0.2, 0.25) is 0 Å². The van der Waals surface area contributed by atoms with Gasteiger partial charge in [0.1, 0.15) is 11.5 Å². The van der Waals surface area contributed by atoms with Gasteiger partial charge in [-0.2, -0.15) is 0 Å². The Morgan fingerprint density at radius 2 is 0.864 bits per heavy atom. The van der Waals surface area contributed by atoms with Gasteiger partial charge in [-0.05, 0) is 47.2 Å². The molecule has 0 spiro atoms. The van der Waals surface area contributed by atoms with Crippen molar-refractivity contribution in [3.63, 3.8) is 0 Å². The molecule has 0 fully saturated rings. The zero-order valence-corrected chi connectivity index (χ0v) is 26.3. The van der Waals surface area contributed by atoms with E-state index >= 15 is 0 Å². The fourth-order valence-corrected chi connectivity index (χ4v) is 4.75. The summed E-state index contributed by atoms with van der Waals surface area (Å²) in [6.07, 6.45) is 0. The summed E-state index contributed by atoms with van der Waals surface area (Å²) in [5, 5.41) is 0. The maximum atomic E-state index is 14.2. The number of amides is 2. The number of hydrogen-bond acceptors (Lipinski definition) is 4. The Hall–Kier alpha value is -4.58. The van der Waals surface area contributed by atoms with E-state index in [0.29, 0.717) is 73.9 Å². The molecule has 0 atom stereocenters. The number of benzene rings is 4. The van der Waals surface area contributed by atoms with Crippen molar-refractivity contribution in [3.8, 4) is 11.5 Å². The van der Waals surface area contributed by atoms with Crippen molar-refractivity contribution >= 4 is 11.8 Å². The highest BCUT2D eigenvalue weighted by molar-refractivity contribution is 5.98. The van der Waals surface area contributed by atoms with Crippen molar-refractivity contribution in [1.82, 2.24) is 9.80 Å². The first kappa shape index (κ1) is 32.3. The predicted molar refractivity (Wildman–Crippen MR) is 176 cm³/mol. The number of rotatable bonds is 15. The van der Waals surface area contributed by atoms with Crippen LogP contribution in [-0.4, -0.2) is 47.9 Å². The molecular formula is C38H44N2O4. The molecule has 6 heteroatoms. The third-order valence-corrected chi connectivity index (χ3v) is 7.03. The van der Waals surface area contributed by atoms with Crippen LogP contribution in [0.15, 0.2) is 109 Å². The first-order valence-electron chi connectivity index (χ1n) is 15.4. The molecule has 0 aliphatic rings. The summed E-state index contributed by atoms with van der Waals surface area (Å²) in [6, 6.07) is 34.6. The maximum Gasteiger partial charge on any atom is 0.257 e. The average Bonchev–Trinajstić information content (AvgIpc) is 3.04. The van der Waals surface area contributed by atoms with E-state index in [1.165, 1.54) is 0 Å². The smallest absolute Gasteiger partial charge is 0.257 e. The van der Waals surface area contributed by atoms with Gasteiger partial charge < -0.3 is 19.3 Å². The van der Waals surface area contributed by atoms with Gasteiger partial charge in [0.2, 0.25) is 0 Å². The highest BCUT2D eigenvalue weighted by Gasteiger charge is 2.25. The number of nitrogens with zero attached hydrogens (tertiary/aromatic N) is 2. The van der Waals surface area contributed by atoms with Crippen LogP contribution < -0.4 is 9.47 Å². The van der Waals surface area contributed by atoms with Crippen molar-refractivity contribution < 1.29 is 19.1 Å². The van der Waals surface area contributed by atoms with E-state index < -0.39 is 0 Å². The molecule has 0 aliphatic heterocycles. The van der Waals surface area contributed by atoms with Gasteiger partial charge in [0, 0.05) is 26.2 Å². The second kappa shape index (κ2) is 16.3. The van der Waals surface area contributed by atoms with Crippen molar-refractivity contribution in [2.24, 2.45) is 11.8 Å². The van der Waals surface area contributed by atoms with Crippen LogP contribution >= 0.6 is 0 Å². The summed E-state index contributed by atoms with van der Waals surface area (Å²) in [5.41, 5.74) is 3.04. The van der Waals surface area contributed by atoms with E-state index in [1.54, 1.807) is 9.80 Å². The second-order valence-electron chi connectivity index (χ2n) is 11.8. The molecule has 0 aromatic heterocycles. The monoisotopic (exact) mass is 592 g/mol. The molecule has 44 heavy (non-hydrogen) atoms. The third-order valence-electron chi connectivity index (χ3n) is 7.03. The number of carbonyl (C=O) groups excluding carboxylic acids is 2. The normalized spacial score (nSPS) is 11.0. The summed E-state index contributed by atoms with van der Waals surface area (Å²) in [7, 11) is 0. The van der Waals surface area contributed by atoms with E-state index in [4.69, 9.17) is 9.47 Å². The van der Waals surface area contributed by atoms with Crippen molar-refractivity contribution in [1.29, 1.82) is 0 Å². The minimum absolute atomic E-state index is 0.138. The Labute approximate surface area is 262 Å². The van der Waals surface area contributed by atoms with Crippen LogP contribution in [0.1, 0.15) is 59.5 Å². The molecule has 0 saturated carbocycles. The summed E-state index contributed by atoms with van der Waals surface area (Å²) < 4.78 is 12.1. The molecular weight excluding hydrogens is 548 g/mol. The molecule has 0 aliphatic carbocycles. The van der Waals surface area contributed by atoms with Crippen LogP contribution in [0.25, 0.3) is 0 Å². The van der Waals surface area contributed by atoms with Gasteiger partial charge in [-0.3, -0.25) is 9.59 Å². The highest BCUT2D eigenvalue weighted by atomic mass is 16.5. The van der Waals surface area contributed by atoms with Crippen molar-refractivity contribution in [3.05, 3.63) is 131 Å². The van der Waals surface area contributed by atoms with Gasteiger partial charge in [-0.25, -0.2) is 0 Å². The van der Waals surface area contributed by atoms with Gasteiger partial charge in [0.05, 0.1) is 24.3 Å². The van der Waals surface area contributed by atoms with Crippen LogP contribution in [0, 0.1) is 11.8 Å². The molecule has 0 unspecified atom stereocenters. The van der Waals surface area contributed by atoms with E-state index in [9.17, 15) is 9.59 Å². The fraction of sp³-hybridized carbons (Fsp3) is 0.316. The molecule has 0 radical (unpaired) electrons. The largest absolute Gasteiger partial charge is 0.492 e. The van der Waals surface area contributed by atoms with Gasteiger partial charge in [-0.15, -0.1) is 0 Å². The molecule has 230 valence electrons. The predicted octanol–water partition coefficient (Wildman–Crippen LogP) is 7.74. The van der Waals surface area contributed by atoms with Crippen LogP contribution in [0.3, 0.4) is 0 Å². The molecule has 4 rings (SSSR count). The summed E-state index contributed by atoms with van der Waals surface area (Å²) >= 11 is 0. The van der Waals surface area contributed by atoms with Gasteiger partial charge >= 0.3 is 0 Å². The zero-order chi connectivity index (χ0) is 31.3. The van der Waals surface area contributed by atoms with Gasteiger partial charge in [-0.1, -0.05) is 113 Å². The number of carbonyl (C=O) groups is 2. The number of para-hydroxylation sites is 2. The van der Waals surface area contributed by atoms with Crippen LogP contribution in [0.4, 0.5) is 0 Å². The zero-order valence-electron chi connectivity index (χ0n) is 26.3. The van der Waals surface area contributed by atoms with E-state index in [1.807, 2.05) is 109 Å². The number of ether oxygens (including phenoxy) is 2. The SMILES string of the molecule is CC(C)COc1ccccc1C(=O)N(CCN(Cc1ccccc1)C(=O)c1ccccc1OCC(C)C)Cc1ccccc1. The van der Waals surface area contributed by atoms with E-state index in [-0.39, 0.29) is 11.8 Å². The fourth-order valence-electron chi connectivity index (χ4n) is 4.75. The third kappa shape index (κ3) is 9.46. The lowest BCUT2D eigenvalue weighted by atomic mass is 10.1. The minimum atomic E-state index is -0.138. The van der Waals surface area contributed by atoms with Crippen molar-refractivity contribution in [2.75, 3.05) is 26.3 Å². The standard InChI is InChI=1S/C38H44N2O4/c1-29(2)27-43-35-21-13-11-19-33(35)37(41)39(25-31-15-7-5-8-16-31)23-24-40(26-32-17-9-6-10-18-32)38(42)34-20-12-14-22-36(34)44-28-30(3)4/h5-22,29-30H,23-28H2,1-4H3. The highest BCUT2D eigenvalue weighted by Crippen LogP contribution is 2.24. The Kier molecular flexibility index (Phi) is 12.0. The summed E-state index contributed by atoms with van der Waals surface area (Å²) in [6.45, 7) is 10.8. The molecule has 0 heterocycles. The lowest BCUT2D eigenvalue weighted by molar-refractivity contribution is 0.0639. The lowest BCUT2D eigenvalue weighted by Gasteiger charge is -2.29. The lowest BCUT2D eigenvalue weighted by Crippen LogP contribution is -2.41. The maximum absolute atomic E-state index is 14.2.